The molecule has 0 spiro atoms. The smallest absolute Gasteiger partial charge is 0.0111 e. The van der Waals surface area contributed by atoms with E-state index in [4.69, 9.17) is 0 Å². The Balaban J connectivity index is 1.95. The average molecular weight is 234 g/mol. The van der Waals surface area contributed by atoms with Crippen molar-refractivity contribution in [2.75, 3.05) is 0 Å². The van der Waals surface area contributed by atoms with Crippen LogP contribution in [0.25, 0.3) is 16.8 Å². The number of fused-ring (bicyclic) bond motifs is 1. The summed E-state index contributed by atoms with van der Waals surface area (Å²) in [4.78, 5) is 0. The first kappa shape index (κ1) is 11.3. The Morgan fingerprint density at radius 2 is 1.72 bits per heavy atom. The van der Waals surface area contributed by atoms with E-state index >= 15 is 0 Å². The third kappa shape index (κ3) is 2.38. The fourth-order valence-corrected chi connectivity index (χ4v) is 2.61. The van der Waals surface area contributed by atoms with Crippen LogP contribution in [0, 0.1) is 0 Å². The minimum atomic E-state index is 1.24. The van der Waals surface area contributed by atoms with Gasteiger partial charge in [0.2, 0.25) is 0 Å². The molecule has 0 heteroatoms. The molecule has 3 rings (SSSR count). The van der Waals surface area contributed by atoms with Crippen LogP contribution in [-0.2, 0) is 0 Å². The first-order valence-electron chi connectivity index (χ1n) is 6.78. The second kappa shape index (κ2) is 5.22. The fourth-order valence-electron chi connectivity index (χ4n) is 2.61. The summed E-state index contributed by atoms with van der Waals surface area (Å²) >= 11 is 0. The van der Waals surface area contributed by atoms with Crippen molar-refractivity contribution in [2.45, 2.75) is 25.7 Å². The average Bonchev–Trinajstić information content (AvgIpc) is 2.46. The van der Waals surface area contributed by atoms with E-state index in [9.17, 15) is 0 Å². The highest BCUT2D eigenvalue weighted by molar-refractivity contribution is 5.90. The largest absolute Gasteiger partial charge is 0.0813 e. The van der Waals surface area contributed by atoms with Gasteiger partial charge in [0.25, 0.3) is 0 Å². The lowest BCUT2D eigenvalue weighted by Crippen LogP contribution is -1.88. The number of allylic oxidation sites excluding steroid dienone is 3. The molecule has 0 aromatic heterocycles. The molecule has 2 aromatic carbocycles. The molecule has 0 saturated carbocycles. The van der Waals surface area contributed by atoms with Crippen molar-refractivity contribution >= 4 is 16.8 Å². The van der Waals surface area contributed by atoms with Crippen LogP contribution < -0.4 is 0 Å². The zero-order chi connectivity index (χ0) is 12.2. The van der Waals surface area contributed by atoms with E-state index in [1.54, 1.807) is 0 Å². The van der Waals surface area contributed by atoms with Gasteiger partial charge in [-0.2, -0.15) is 0 Å². The summed E-state index contributed by atoms with van der Waals surface area (Å²) in [6, 6.07) is 15.1. The lowest BCUT2D eigenvalue weighted by atomic mass is 9.98. The van der Waals surface area contributed by atoms with E-state index in [1.165, 1.54) is 47.6 Å². The zero-order valence-electron chi connectivity index (χ0n) is 10.6. The molecule has 0 nitrogen and oxygen atoms in total. The van der Waals surface area contributed by atoms with E-state index in [1.807, 2.05) is 0 Å². The molecule has 0 fully saturated rings. The van der Waals surface area contributed by atoms with Crippen LogP contribution >= 0.6 is 0 Å². The van der Waals surface area contributed by atoms with Gasteiger partial charge in [-0.05, 0) is 42.0 Å². The molecule has 0 unspecified atom stereocenters. The van der Waals surface area contributed by atoms with Crippen LogP contribution in [0.5, 0.6) is 0 Å². The van der Waals surface area contributed by atoms with Gasteiger partial charge in [0.05, 0.1) is 0 Å². The van der Waals surface area contributed by atoms with Gasteiger partial charge < -0.3 is 0 Å². The van der Waals surface area contributed by atoms with Gasteiger partial charge in [0.15, 0.2) is 0 Å². The molecule has 0 saturated heterocycles. The summed E-state index contributed by atoms with van der Waals surface area (Å²) in [6.45, 7) is 0. The Kier molecular flexibility index (Phi) is 3.27. The maximum Gasteiger partial charge on any atom is -0.0111 e. The maximum atomic E-state index is 2.38. The van der Waals surface area contributed by atoms with E-state index in [2.05, 4.69) is 60.7 Å². The molecule has 90 valence electrons. The third-order valence-corrected chi connectivity index (χ3v) is 3.63. The second-order valence-electron chi connectivity index (χ2n) is 4.93. The summed E-state index contributed by atoms with van der Waals surface area (Å²) in [5.74, 6) is 0. The molecule has 0 aliphatic heterocycles. The van der Waals surface area contributed by atoms with Crippen molar-refractivity contribution < 1.29 is 0 Å². The van der Waals surface area contributed by atoms with Crippen molar-refractivity contribution in [3.8, 4) is 0 Å². The summed E-state index contributed by atoms with van der Waals surface area (Å²) in [5, 5.41) is 2.66. The van der Waals surface area contributed by atoms with Gasteiger partial charge in [-0.15, -0.1) is 0 Å². The lowest BCUT2D eigenvalue weighted by Gasteiger charge is -2.08. The van der Waals surface area contributed by atoms with Crippen molar-refractivity contribution in [1.82, 2.24) is 0 Å². The molecular formula is C18H18. The second-order valence-corrected chi connectivity index (χ2v) is 4.93. The summed E-state index contributed by atoms with van der Waals surface area (Å²) < 4.78 is 0. The number of hydrogen-bond donors (Lipinski definition) is 0. The third-order valence-electron chi connectivity index (χ3n) is 3.63. The Bertz CT molecular complexity index is 597. The predicted molar refractivity (Wildman–Crippen MR) is 79.5 cm³/mol. The van der Waals surface area contributed by atoms with Crippen LogP contribution in [0.15, 0.2) is 60.2 Å². The lowest BCUT2D eigenvalue weighted by molar-refractivity contribution is 0.712. The Hall–Kier alpha value is -1.82. The summed E-state index contributed by atoms with van der Waals surface area (Å²) in [7, 11) is 0. The molecule has 0 atom stereocenters. The van der Waals surface area contributed by atoms with Crippen molar-refractivity contribution in [2.24, 2.45) is 0 Å². The SMILES string of the molecule is C1=C(/C=C/c2cccc3ccccc23)CCCC1. The van der Waals surface area contributed by atoms with E-state index in [0.717, 1.165) is 0 Å². The van der Waals surface area contributed by atoms with Crippen LogP contribution in [0.3, 0.4) is 0 Å². The van der Waals surface area contributed by atoms with Gasteiger partial charge in [-0.25, -0.2) is 0 Å². The van der Waals surface area contributed by atoms with Gasteiger partial charge >= 0.3 is 0 Å². The van der Waals surface area contributed by atoms with Gasteiger partial charge in [0.1, 0.15) is 0 Å². The molecular weight excluding hydrogens is 216 g/mol. The first-order chi connectivity index (χ1) is 8.93. The van der Waals surface area contributed by atoms with Crippen LogP contribution in [0.2, 0.25) is 0 Å². The van der Waals surface area contributed by atoms with Crippen LogP contribution in [-0.4, -0.2) is 0 Å². The highest BCUT2D eigenvalue weighted by atomic mass is 14.1. The Labute approximate surface area is 109 Å². The van der Waals surface area contributed by atoms with Gasteiger partial charge in [0, 0.05) is 0 Å². The highest BCUT2D eigenvalue weighted by Crippen LogP contribution is 2.22. The molecule has 0 heterocycles. The first-order valence-corrected chi connectivity index (χ1v) is 6.78. The maximum absolute atomic E-state index is 2.38. The molecule has 0 amide bonds. The fraction of sp³-hybridized carbons (Fsp3) is 0.222. The molecule has 1 aliphatic rings. The zero-order valence-corrected chi connectivity index (χ0v) is 10.6. The minimum absolute atomic E-state index is 1.24. The van der Waals surface area contributed by atoms with E-state index in [0.29, 0.717) is 0 Å². The van der Waals surface area contributed by atoms with E-state index < -0.39 is 0 Å². The highest BCUT2D eigenvalue weighted by Gasteiger charge is 2.00. The van der Waals surface area contributed by atoms with Crippen LogP contribution in [0.4, 0.5) is 0 Å². The Morgan fingerprint density at radius 1 is 0.833 bits per heavy atom. The molecule has 18 heavy (non-hydrogen) atoms. The predicted octanol–water partition coefficient (Wildman–Crippen LogP) is 5.35. The molecule has 0 radical (unpaired) electrons. The molecule has 2 aromatic rings. The van der Waals surface area contributed by atoms with Gasteiger partial charge in [-0.3, -0.25) is 0 Å². The number of hydrogen-bond acceptors (Lipinski definition) is 0. The number of benzene rings is 2. The quantitative estimate of drug-likeness (QED) is 0.656. The monoisotopic (exact) mass is 234 g/mol. The molecule has 0 N–H and O–H groups in total. The van der Waals surface area contributed by atoms with E-state index in [-0.39, 0.29) is 0 Å². The topological polar surface area (TPSA) is 0 Å². The van der Waals surface area contributed by atoms with Crippen molar-refractivity contribution in [3.63, 3.8) is 0 Å². The normalized spacial score (nSPS) is 16.1. The van der Waals surface area contributed by atoms with Crippen molar-refractivity contribution in [1.29, 1.82) is 0 Å². The molecule has 1 aliphatic carbocycles. The van der Waals surface area contributed by atoms with Gasteiger partial charge in [-0.1, -0.05) is 66.3 Å². The molecule has 0 bridgehead atoms. The van der Waals surface area contributed by atoms with Crippen molar-refractivity contribution in [3.05, 3.63) is 65.8 Å². The summed E-state index contributed by atoms with van der Waals surface area (Å²) in [5.41, 5.74) is 2.81. The minimum Gasteiger partial charge on any atom is -0.0813 e. The summed E-state index contributed by atoms with van der Waals surface area (Å²) in [6.07, 6.45) is 12.1. The van der Waals surface area contributed by atoms with Crippen LogP contribution in [0.1, 0.15) is 31.2 Å². The Morgan fingerprint density at radius 3 is 2.61 bits per heavy atom. The standard InChI is InChI=1S/C18H18/c1-2-7-15(8-3-1)13-14-17-11-6-10-16-9-4-5-12-18(16)17/h4-7,9-14H,1-3,8H2/b14-13+. The number of rotatable bonds is 2.